The molecule has 8 heteroatoms. The minimum absolute atomic E-state index is 0. The van der Waals surface area contributed by atoms with Crippen molar-refractivity contribution in [2.75, 3.05) is 13.1 Å². The van der Waals surface area contributed by atoms with Gasteiger partial charge in [0.15, 0.2) is 11.8 Å². The first-order valence-electron chi connectivity index (χ1n) is 8.64. The van der Waals surface area contributed by atoms with Gasteiger partial charge in [0.2, 0.25) is 0 Å². The van der Waals surface area contributed by atoms with E-state index in [-0.39, 0.29) is 24.0 Å². The Morgan fingerprint density at radius 2 is 2.16 bits per heavy atom. The van der Waals surface area contributed by atoms with Crippen LogP contribution in [0.2, 0.25) is 0 Å². The quantitative estimate of drug-likeness (QED) is 0.395. The first kappa shape index (κ1) is 19.6. The number of pyridine rings is 1. The van der Waals surface area contributed by atoms with Crippen LogP contribution >= 0.6 is 24.0 Å². The van der Waals surface area contributed by atoms with E-state index in [1.165, 1.54) is 25.7 Å². The van der Waals surface area contributed by atoms with Gasteiger partial charge in [-0.2, -0.15) is 4.98 Å². The molecular formula is C17H25IN6O. The number of hydrogen-bond donors (Lipinski definition) is 2. The van der Waals surface area contributed by atoms with E-state index in [0.29, 0.717) is 36.4 Å². The van der Waals surface area contributed by atoms with E-state index in [1.807, 2.05) is 18.2 Å². The van der Waals surface area contributed by atoms with E-state index in [2.05, 4.69) is 37.7 Å². The number of guanidine groups is 1. The summed E-state index contributed by atoms with van der Waals surface area (Å²) in [6.07, 6.45) is 7.40. The second-order valence-electron chi connectivity index (χ2n) is 5.87. The summed E-state index contributed by atoms with van der Waals surface area (Å²) in [5.41, 5.74) is 0.691. The third-order valence-electron chi connectivity index (χ3n) is 4.00. The van der Waals surface area contributed by atoms with Crippen LogP contribution in [-0.4, -0.2) is 40.2 Å². The van der Waals surface area contributed by atoms with Crippen molar-refractivity contribution in [3.05, 3.63) is 30.2 Å². The molecule has 1 aliphatic carbocycles. The number of hydrogen-bond acceptors (Lipinski definition) is 5. The average molecular weight is 456 g/mol. The number of nitrogens with zero attached hydrogens (tertiary/aromatic N) is 4. The van der Waals surface area contributed by atoms with Gasteiger partial charge in [0, 0.05) is 31.7 Å². The van der Waals surface area contributed by atoms with Crippen molar-refractivity contribution >= 4 is 29.9 Å². The molecule has 136 valence electrons. The number of nitrogens with one attached hydrogen (secondary N) is 2. The Hall–Kier alpha value is -1.71. The highest BCUT2D eigenvalue weighted by Gasteiger charge is 2.16. The van der Waals surface area contributed by atoms with E-state index < -0.39 is 0 Å². The number of aromatic nitrogens is 3. The summed E-state index contributed by atoms with van der Waals surface area (Å²) in [6, 6.07) is 6.15. The third kappa shape index (κ3) is 5.94. The van der Waals surface area contributed by atoms with Crippen LogP contribution in [0.25, 0.3) is 11.6 Å². The predicted octanol–water partition coefficient (Wildman–Crippen LogP) is 2.79. The van der Waals surface area contributed by atoms with Crippen molar-refractivity contribution < 1.29 is 4.52 Å². The third-order valence-corrected chi connectivity index (χ3v) is 4.00. The minimum Gasteiger partial charge on any atom is -0.357 e. The fourth-order valence-corrected chi connectivity index (χ4v) is 2.80. The molecule has 0 bridgehead atoms. The van der Waals surface area contributed by atoms with Gasteiger partial charge < -0.3 is 15.2 Å². The molecule has 0 spiro atoms. The molecule has 0 amide bonds. The van der Waals surface area contributed by atoms with Crippen LogP contribution in [-0.2, 0) is 6.42 Å². The zero-order valence-corrected chi connectivity index (χ0v) is 16.8. The van der Waals surface area contributed by atoms with E-state index in [0.717, 1.165) is 12.5 Å². The molecule has 0 unspecified atom stereocenters. The zero-order valence-electron chi connectivity index (χ0n) is 14.4. The summed E-state index contributed by atoms with van der Waals surface area (Å²) >= 11 is 0. The summed E-state index contributed by atoms with van der Waals surface area (Å²) in [6.45, 7) is 3.54. The lowest BCUT2D eigenvalue weighted by atomic mass is 10.2. The second kappa shape index (κ2) is 10.3. The minimum atomic E-state index is 0. The largest absolute Gasteiger partial charge is 0.357 e. The summed E-state index contributed by atoms with van der Waals surface area (Å²) in [4.78, 5) is 13.2. The lowest BCUT2D eigenvalue weighted by Gasteiger charge is -2.16. The van der Waals surface area contributed by atoms with Crippen molar-refractivity contribution in [3.63, 3.8) is 0 Å². The summed E-state index contributed by atoms with van der Waals surface area (Å²) in [5, 5.41) is 10.8. The van der Waals surface area contributed by atoms with E-state index in [9.17, 15) is 0 Å². The van der Waals surface area contributed by atoms with Crippen LogP contribution in [0.4, 0.5) is 0 Å². The first-order chi connectivity index (χ1) is 11.8. The molecule has 2 aromatic heterocycles. The summed E-state index contributed by atoms with van der Waals surface area (Å²) < 4.78 is 5.26. The lowest BCUT2D eigenvalue weighted by molar-refractivity contribution is 0.421. The van der Waals surface area contributed by atoms with Crippen molar-refractivity contribution in [2.24, 2.45) is 4.99 Å². The molecule has 1 saturated carbocycles. The first-order valence-corrected chi connectivity index (χ1v) is 8.64. The molecule has 0 radical (unpaired) electrons. The number of halogens is 1. The molecule has 2 aromatic rings. The molecule has 7 nitrogen and oxygen atoms in total. The molecule has 25 heavy (non-hydrogen) atoms. The Labute approximate surface area is 165 Å². The van der Waals surface area contributed by atoms with Crippen molar-refractivity contribution in [1.82, 2.24) is 25.8 Å². The van der Waals surface area contributed by atoms with Crippen LogP contribution in [0.5, 0.6) is 0 Å². The number of aliphatic imine (C=N–C) groups is 1. The molecule has 0 saturated heterocycles. The maximum absolute atomic E-state index is 5.26. The maximum Gasteiger partial charge on any atom is 0.276 e. The normalized spacial score (nSPS) is 15.0. The van der Waals surface area contributed by atoms with Crippen molar-refractivity contribution in [3.8, 4) is 11.6 Å². The van der Waals surface area contributed by atoms with Gasteiger partial charge in [-0.15, -0.1) is 24.0 Å². The van der Waals surface area contributed by atoms with Crippen molar-refractivity contribution in [2.45, 2.75) is 45.1 Å². The van der Waals surface area contributed by atoms with Gasteiger partial charge in [0.25, 0.3) is 5.89 Å². The van der Waals surface area contributed by atoms with Gasteiger partial charge in [0.05, 0.1) is 0 Å². The molecule has 2 heterocycles. The summed E-state index contributed by atoms with van der Waals surface area (Å²) in [7, 11) is 0. The maximum atomic E-state index is 5.26. The molecule has 0 atom stereocenters. The Kier molecular flexibility index (Phi) is 8.10. The highest BCUT2D eigenvalue weighted by molar-refractivity contribution is 14.0. The molecule has 0 aliphatic heterocycles. The van der Waals surface area contributed by atoms with Gasteiger partial charge in [-0.3, -0.25) is 9.98 Å². The molecular weight excluding hydrogens is 431 g/mol. The Morgan fingerprint density at radius 3 is 2.88 bits per heavy atom. The Balaban J connectivity index is 0.00000225. The monoisotopic (exact) mass is 456 g/mol. The van der Waals surface area contributed by atoms with Crippen LogP contribution in [0, 0.1) is 0 Å². The predicted molar refractivity (Wildman–Crippen MR) is 108 cm³/mol. The molecule has 2 N–H and O–H groups in total. The molecule has 1 fully saturated rings. The van der Waals surface area contributed by atoms with Crippen molar-refractivity contribution in [1.29, 1.82) is 0 Å². The Morgan fingerprint density at radius 1 is 1.32 bits per heavy atom. The summed E-state index contributed by atoms with van der Waals surface area (Å²) in [5.74, 6) is 1.97. The molecule has 1 aliphatic rings. The van der Waals surface area contributed by atoms with Crippen LogP contribution in [0.15, 0.2) is 33.9 Å². The lowest BCUT2D eigenvalue weighted by Crippen LogP contribution is -2.42. The smallest absolute Gasteiger partial charge is 0.276 e. The SMILES string of the molecule is CCNC(=NCCc1noc(-c2ccccn2)n1)NC1CCCC1.I. The average Bonchev–Trinajstić information content (AvgIpc) is 3.28. The van der Waals surface area contributed by atoms with Gasteiger partial charge >= 0.3 is 0 Å². The topological polar surface area (TPSA) is 88.2 Å². The van der Waals surface area contributed by atoms with E-state index >= 15 is 0 Å². The van der Waals surface area contributed by atoms with Gasteiger partial charge in [-0.1, -0.05) is 24.1 Å². The Bertz CT molecular complexity index is 654. The number of rotatable bonds is 6. The van der Waals surface area contributed by atoms with Crippen LogP contribution < -0.4 is 10.6 Å². The van der Waals surface area contributed by atoms with Crippen LogP contribution in [0.1, 0.15) is 38.4 Å². The fraction of sp³-hybridized carbons (Fsp3) is 0.529. The van der Waals surface area contributed by atoms with Gasteiger partial charge in [0.1, 0.15) is 5.69 Å². The highest BCUT2D eigenvalue weighted by Crippen LogP contribution is 2.17. The van der Waals surface area contributed by atoms with Gasteiger partial charge in [-0.25, -0.2) is 0 Å². The zero-order chi connectivity index (χ0) is 16.6. The second-order valence-corrected chi connectivity index (χ2v) is 5.87. The van der Waals surface area contributed by atoms with Gasteiger partial charge in [-0.05, 0) is 31.9 Å². The van der Waals surface area contributed by atoms with E-state index in [1.54, 1.807) is 6.20 Å². The standard InChI is InChI=1S/C17H24N6O.HI/c1-2-18-17(21-13-7-3-4-8-13)20-12-10-15-22-16(24-23-15)14-9-5-6-11-19-14;/h5-6,9,11,13H,2-4,7-8,10,12H2,1H3,(H2,18,20,21);1H. The molecule has 0 aromatic carbocycles. The van der Waals surface area contributed by atoms with Crippen LogP contribution in [0.3, 0.4) is 0 Å². The fourth-order valence-electron chi connectivity index (χ4n) is 2.80. The highest BCUT2D eigenvalue weighted by atomic mass is 127. The van der Waals surface area contributed by atoms with E-state index in [4.69, 9.17) is 4.52 Å². The molecule has 3 rings (SSSR count).